The van der Waals surface area contributed by atoms with E-state index in [9.17, 15) is 18.0 Å². The number of methoxy groups -OCH3 is 1. The van der Waals surface area contributed by atoms with Gasteiger partial charge in [0.2, 0.25) is 0 Å². The number of alkyl halides is 3. The molecule has 0 heterocycles. The van der Waals surface area contributed by atoms with Crippen molar-refractivity contribution in [1.82, 2.24) is 5.32 Å². The highest BCUT2D eigenvalue weighted by atomic mass is 19.4. The molecule has 0 saturated heterocycles. The van der Waals surface area contributed by atoms with Gasteiger partial charge in [0.05, 0.1) is 19.2 Å². The van der Waals surface area contributed by atoms with Crippen molar-refractivity contribution in [1.29, 1.82) is 0 Å². The lowest BCUT2D eigenvalue weighted by atomic mass is 10.2. The minimum absolute atomic E-state index is 0.0957. The molecule has 0 unspecified atom stereocenters. The fourth-order valence-corrected chi connectivity index (χ4v) is 1.86. The third-order valence-electron chi connectivity index (χ3n) is 3.13. The minimum Gasteiger partial charge on any atom is -0.497 e. The first-order chi connectivity index (χ1) is 11.9. The Bertz CT molecular complexity index is 773. The first-order valence-corrected chi connectivity index (χ1v) is 7.23. The number of amides is 2. The molecule has 130 valence electrons. The van der Waals surface area contributed by atoms with Gasteiger partial charge in [0.1, 0.15) is 5.75 Å². The van der Waals surface area contributed by atoms with Crippen molar-refractivity contribution in [3.63, 3.8) is 0 Å². The number of hydrogen-bond acceptors (Lipinski definition) is 2. The second kappa shape index (κ2) is 8.11. The molecule has 4 nitrogen and oxygen atoms in total. The summed E-state index contributed by atoms with van der Waals surface area (Å²) in [7, 11) is 1.57. The summed E-state index contributed by atoms with van der Waals surface area (Å²) in [5.41, 5.74) is 0.253. The average molecular weight is 348 g/mol. The standard InChI is InChI=1S/C18H15F3N2O2/c1-25-16-10-4-13(5-11-16)3-2-12-22-17(24)23-15-8-6-14(7-9-15)18(19,20)21/h4-11H,12H2,1H3,(H2,22,23,24). The van der Waals surface area contributed by atoms with Gasteiger partial charge in [0, 0.05) is 11.3 Å². The summed E-state index contributed by atoms with van der Waals surface area (Å²) in [5.74, 6) is 6.36. The molecular formula is C18H15F3N2O2. The van der Waals surface area contributed by atoms with Crippen LogP contribution in [0.15, 0.2) is 48.5 Å². The summed E-state index contributed by atoms with van der Waals surface area (Å²) in [6.07, 6.45) is -4.40. The lowest BCUT2D eigenvalue weighted by Crippen LogP contribution is -2.28. The van der Waals surface area contributed by atoms with Gasteiger partial charge in [-0.25, -0.2) is 4.79 Å². The van der Waals surface area contributed by atoms with Gasteiger partial charge >= 0.3 is 12.2 Å². The zero-order chi connectivity index (χ0) is 18.3. The van der Waals surface area contributed by atoms with Crippen molar-refractivity contribution < 1.29 is 22.7 Å². The molecule has 25 heavy (non-hydrogen) atoms. The SMILES string of the molecule is COc1ccc(C#CCNC(=O)Nc2ccc(C(F)(F)F)cc2)cc1. The van der Waals surface area contributed by atoms with Crippen LogP contribution in [0.4, 0.5) is 23.7 Å². The number of urea groups is 1. The van der Waals surface area contributed by atoms with Crippen LogP contribution in [0.1, 0.15) is 11.1 Å². The Balaban J connectivity index is 1.82. The maximum atomic E-state index is 12.4. The highest BCUT2D eigenvalue weighted by molar-refractivity contribution is 5.89. The van der Waals surface area contributed by atoms with Crippen LogP contribution in [0.25, 0.3) is 0 Å². The number of carbonyl (C=O) groups excluding carboxylic acids is 1. The van der Waals surface area contributed by atoms with Gasteiger partial charge in [-0.2, -0.15) is 13.2 Å². The van der Waals surface area contributed by atoms with Gasteiger partial charge in [-0.05, 0) is 48.5 Å². The highest BCUT2D eigenvalue weighted by Crippen LogP contribution is 2.29. The van der Waals surface area contributed by atoms with Crippen LogP contribution in [0.2, 0.25) is 0 Å². The van der Waals surface area contributed by atoms with Crippen LogP contribution in [-0.2, 0) is 6.18 Å². The Labute approximate surface area is 143 Å². The molecule has 0 aliphatic rings. The van der Waals surface area contributed by atoms with Crippen molar-refractivity contribution in [3.8, 4) is 17.6 Å². The molecule has 0 saturated carbocycles. The van der Waals surface area contributed by atoms with E-state index in [1.165, 1.54) is 12.1 Å². The van der Waals surface area contributed by atoms with Crippen LogP contribution in [-0.4, -0.2) is 19.7 Å². The molecule has 0 bridgehead atoms. The molecule has 0 radical (unpaired) electrons. The van der Waals surface area contributed by atoms with Gasteiger partial charge in [-0.15, -0.1) is 0 Å². The molecule has 2 rings (SSSR count). The van der Waals surface area contributed by atoms with Crippen LogP contribution >= 0.6 is 0 Å². The molecule has 7 heteroatoms. The maximum absolute atomic E-state index is 12.4. The summed E-state index contributed by atoms with van der Waals surface area (Å²) in [5, 5.41) is 4.93. The van der Waals surface area contributed by atoms with Crippen molar-refractivity contribution in [2.45, 2.75) is 6.18 Å². The third-order valence-corrected chi connectivity index (χ3v) is 3.13. The summed E-state index contributed by atoms with van der Waals surface area (Å²) >= 11 is 0. The van der Waals surface area contributed by atoms with E-state index < -0.39 is 17.8 Å². The van der Waals surface area contributed by atoms with E-state index in [1.54, 1.807) is 31.4 Å². The quantitative estimate of drug-likeness (QED) is 0.827. The molecule has 0 spiro atoms. The number of ether oxygens (including phenoxy) is 1. The van der Waals surface area contributed by atoms with Crippen LogP contribution in [0, 0.1) is 11.8 Å². The monoisotopic (exact) mass is 348 g/mol. The third kappa shape index (κ3) is 5.77. The van der Waals surface area contributed by atoms with E-state index in [1.807, 2.05) is 0 Å². The Morgan fingerprint density at radius 1 is 1.08 bits per heavy atom. The molecule has 2 aromatic carbocycles. The number of benzene rings is 2. The number of halogens is 3. The Hall–Kier alpha value is -3.14. The summed E-state index contributed by atoms with van der Waals surface area (Å²) in [6.45, 7) is 0.0957. The summed E-state index contributed by atoms with van der Waals surface area (Å²) in [4.78, 5) is 11.7. The fourth-order valence-electron chi connectivity index (χ4n) is 1.86. The fraction of sp³-hybridized carbons (Fsp3) is 0.167. The van der Waals surface area contributed by atoms with Gasteiger partial charge in [-0.3, -0.25) is 0 Å². The van der Waals surface area contributed by atoms with Crippen LogP contribution in [0.5, 0.6) is 5.75 Å². The molecule has 0 aliphatic heterocycles. The second-order valence-corrected chi connectivity index (χ2v) is 4.91. The van der Waals surface area contributed by atoms with Crippen molar-refractivity contribution in [2.24, 2.45) is 0 Å². The predicted octanol–water partition coefficient (Wildman–Crippen LogP) is 3.89. The number of carbonyl (C=O) groups is 1. The molecule has 0 aliphatic carbocycles. The van der Waals surface area contributed by atoms with Gasteiger partial charge in [-0.1, -0.05) is 11.8 Å². The Kier molecular flexibility index (Phi) is 5.90. The van der Waals surface area contributed by atoms with Crippen molar-refractivity contribution in [2.75, 3.05) is 19.0 Å². The van der Waals surface area contributed by atoms with E-state index in [0.29, 0.717) is 0 Å². The molecular weight excluding hydrogens is 333 g/mol. The van der Waals surface area contributed by atoms with E-state index in [4.69, 9.17) is 4.74 Å². The maximum Gasteiger partial charge on any atom is 0.416 e. The molecule has 2 N–H and O–H groups in total. The number of rotatable bonds is 3. The summed E-state index contributed by atoms with van der Waals surface area (Å²) in [6, 6.07) is 10.7. The van der Waals surface area contributed by atoms with E-state index in [0.717, 1.165) is 23.4 Å². The molecule has 2 aromatic rings. The topological polar surface area (TPSA) is 50.4 Å². The van der Waals surface area contributed by atoms with Crippen molar-refractivity contribution in [3.05, 3.63) is 59.7 Å². The molecule has 0 fully saturated rings. The molecule has 0 aromatic heterocycles. The number of hydrogen-bond donors (Lipinski definition) is 2. The van der Waals surface area contributed by atoms with E-state index in [-0.39, 0.29) is 12.2 Å². The second-order valence-electron chi connectivity index (χ2n) is 4.91. The Morgan fingerprint density at radius 2 is 1.72 bits per heavy atom. The zero-order valence-electron chi connectivity index (χ0n) is 13.3. The van der Waals surface area contributed by atoms with Gasteiger partial charge in [0.25, 0.3) is 0 Å². The smallest absolute Gasteiger partial charge is 0.416 e. The molecule has 2 amide bonds. The first kappa shape index (κ1) is 18.2. The average Bonchev–Trinajstić information content (AvgIpc) is 2.59. The lowest BCUT2D eigenvalue weighted by molar-refractivity contribution is -0.137. The molecule has 0 atom stereocenters. The highest BCUT2D eigenvalue weighted by Gasteiger charge is 2.29. The minimum atomic E-state index is -4.40. The van der Waals surface area contributed by atoms with E-state index in [2.05, 4.69) is 22.5 Å². The van der Waals surface area contributed by atoms with Gasteiger partial charge in [0.15, 0.2) is 0 Å². The predicted molar refractivity (Wildman–Crippen MR) is 88.3 cm³/mol. The largest absolute Gasteiger partial charge is 0.497 e. The van der Waals surface area contributed by atoms with Crippen LogP contribution < -0.4 is 15.4 Å². The summed E-state index contributed by atoms with van der Waals surface area (Å²) < 4.78 is 42.4. The lowest BCUT2D eigenvalue weighted by Gasteiger charge is -2.08. The van der Waals surface area contributed by atoms with Crippen LogP contribution in [0.3, 0.4) is 0 Å². The normalized spacial score (nSPS) is 10.4. The van der Waals surface area contributed by atoms with Crippen molar-refractivity contribution >= 4 is 11.7 Å². The Morgan fingerprint density at radius 3 is 2.28 bits per heavy atom. The number of anilines is 1. The number of nitrogens with one attached hydrogen (secondary N) is 2. The first-order valence-electron chi connectivity index (χ1n) is 7.23. The van der Waals surface area contributed by atoms with Gasteiger partial charge < -0.3 is 15.4 Å². The zero-order valence-corrected chi connectivity index (χ0v) is 13.3. The van der Waals surface area contributed by atoms with E-state index >= 15 is 0 Å².